The standard InChI is InChI=1S/C15H21NO3/c1-11(2)16(8-9-17)15(18)13-7-10-19-14-6-4-3-5-12(13)14/h3-6,11,13,17H,7-10H2,1-2H3. The largest absolute Gasteiger partial charge is 0.493 e. The maximum atomic E-state index is 12.7. The van der Waals surface area contributed by atoms with Gasteiger partial charge in [0.25, 0.3) is 0 Å². The van der Waals surface area contributed by atoms with E-state index in [2.05, 4.69) is 0 Å². The van der Waals surface area contributed by atoms with Crippen molar-refractivity contribution in [1.82, 2.24) is 4.90 Å². The molecular weight excluding hydrogens is 242 g/mol. The van der Waals surface area contributed by atoms with Crippen molar-refractivity contribution in [3.63, 3.8) is 0 Å². The molecule has 0 fully saturated rings. The van der Waals surface area contributed by atoms with Gasteiger partial charge in [0.05, 0.1) is 19.1 Å². The summed E-state index contributed by atoms with van der Waals surface area (Å²) in [5, 5.41) is 9.11. The summed E-state index contributed by atoms with van der Waals surface area (Å²) in [6, 6.07) is 7.79. The van der Waals surface area contributed by atoms with Gasteiger partial charge < -0.3 is 14.7 Å². The zero-order chi connectivity index (χ0) is 13.8. The Morgan fingerprint density at radius 1 is 1.47 bits per heavy atom. The Kier molecular flexibility index (Phi) is 4.43. The lowest BCUT2D eigenvalue weighted by Crippen LogP contribution is -2.42. The van der Waals surface area contributed by atoms with Gasteiger partial charge >= 0.3 is 0 Å². The lowest BCUT2D eigenvalue weighted by atomic mass is 9.91. The van der Waals surface area contributed by atoms with E-state index in [0.29, 0.717) is 19.6 Å². The van der Waals surface area contributed by atoms with Crippen LogP contribution in [0.15, 0.2) is 24.3 Å². The summed E-state index contributed by atoms with van der Waals surface area (Å²) in [6.45, 7) is 4.89. The molecule has 0 radical (unpaired) electrons. The highest BCUT2D eigenvalue weighted by atomic mass is 16.5. The quantitative estimate of drug-likeness (QED) is 0.901. The molecule has 19 heavy (non-hydrogen) atoms. The van der Waals surface area contributed by atoms with E-state index in [0.717, 1.165) is 11.3 Å². The van der Waals surface area contributed by atoms with Crippen molar-refractivity contribution in [1.29, 1.82) is 0 Å². The third kappa shape index (κ3) is 2.89. The molecule has 1 aliphatic rings. The van der Waals surface area contributed by atoms with Crippen LogP contribution in [0.1, 0.15) is 31.7 Å². The summed E-state index contributed by atoms with van der Waals surface area (Å²) in [6.07, 6.45) is 0.699. The van der Waals surface area contributed by atoms with Crippen LogP contribution in [-0.4, -0.2) is 41.7 Å². The molecule has 4 nitrogen and oxygen atoms in total. The molecule has 0 bridgehead atoms. The predicted octanol–water partition coefficient (Wildman–Crippen LogP) is 1.78. The van der Waals surface area contributed by atoms with Crippen molar-refractivity contribution in [3.05, 3.63) is 29.8 Å². The number of carbonyl (C=O) groups excluding carboxylic acids is 1. The number of hydrogen-bond acceptors (Lipinski definition) is 3. The van der Waals surface area contributed by atoms with E-state index in [-0.39, 0.29) is 24.5 Å². The molecule has 0 saturated carbocycles. The minimum absolute atomic E-state index is 0.00517. The molecule has 1 unspecified atom stereocenters. The molecule has 4 heteroatoms. The second-order valence-electron chi connectivity index (χ2n) is 5.08. The van der Waals surface area contributed by atoms with Crippen molar-refractivity contribution >= 4 is 5.91 Å². The normalized spacial score (nSPS) is 17.8. The highest BCUT2D eigenvalue weighted by Gasteiger charge is 2.31. The van der Waals surface area contributed by atoms with Crippen LogP contribution in [-0.2, 0) is 4.79 Å². The van der Waals surface area contributed by atoms with Gasteiger partial charge in [-0.25, -0.2) is 0 Å². The molecule has 1 heterocycles. The Hall–Kier alpha value is -1.55. The van der Waals surface area contributed by atoms with Crippen LogP contribution in [0.4, 0.5) is 0 Å². The van der Waals surface area contributed by atoms with Crippen molar-refractivity contribution in [3.8, 4) is 5.75 Å². The SMILES string of the molecule is CC(C)N(CCO)C(=O)C1CCOc2ccccc21. The van der Waals surface area contributed by atoms with E-state index in [4.69, 9.17) is 9.84 Å². The molecule has 1 aromatic carbocycles. The molecule has 1 atom stereocenters. The summed E-state index contributed by atoms with van der Waals surface area (Å²) in [5.74, 6) is 0.735. The molecule has 0 aliphatic carbocycles. The Morgan fingerprint density at radius 3 is 2.89 bits per heavy atom. The van der Waals surface area contributed by atoms with Crippen LogP contribution >= 0.6 is 0 Å². The highest BCUT2D eigenvalue weighted by Crippen LogP contribution is 2.34. The second kappa shape index (κ2) is 6.06. The molecule has 104 valence electrons. The van der Waals surface area contributed by atoms with Gasteiger partial charge in [0.1, 0.15) is 5.75 Å². The zero-order valence-electron chi connectivity index (χ0n) is 11.5. The fourth-order valence-corrected chi connectivity index (χ4v) is 2.53. The maximum Gasteiger partial charge on any atom is 0.230 e. The summed E-state index contributed by atoms with van der Waals surface area (Å²) in [7, 11) is 0. The Balaban J connectivity index is 2.24. The maximum absolute atomic E-state index is 12.7. The minimum atomic E-state index is -0.154. The first kappa shape index (κ1) is 13.9. The first-order valence-corrected chi connectivity index (χ1v) is 6.78. The van der Waals surface area contributed by atoms with E-state index >= 15 is 0 Å². The van der Waals surface area contributed by atoms with Gasteiger partial charge in [-0.2, -0.15) is 0 Å². The third-order valence-electron chi connectivity index (χ3n) is 3.50. The minimum Gasteiger partial charge on any atom is -0.493 e. The average molecular weight is 263 g/mol. The Labute approximate surface area is 114 Å². The molecule has 1 N–H and O–H groups in total. The van der Waals surface area contributed by atoms with Crippen LogP contribution in [0.2, 0.25) is 0 Å². The van der Waals surface area contributed by atoms with Crippen LogP contribution < -0.4 is 4.74 Å². The lowest BCUT2D eigenvalue weighted by molar-refractivity contribution is -0.135. The van der Waals surface area contributed by atoms with Crippen molar-refractivity contribution in [2.45, 2.75) is 32.2 Å². The predicted molar refractivity (Wildman–Crippen MR) is 73.2 cm³/mol. The number of fused-ring (bicyclic) bond motifs is 1. The molecular formula is C15H21NO3. The second-order valence-corrected chi connectivity index (χ2v) is 5.08. The molecule has 2 rings (SSSR count). The monoisotopic (exact) mass is 263 g/mol. The fourth-order valence-electron chi connectivity index (χ4n) is 2.53. The van der Waals surface area contributed by atoms with Crippen LogP contribution in [0.3, 0.4) is 0 Å². The van der Waals surface area contributed by atoms with Crippen LogP contribution in [0.25, 0.3) is 0 Å². The number of aliphatic hydroxyl groups is 1. The number of nitrogens with zero attached hydrogens (tertiary/aromatic N) is 1. The summed E-state index contributed by atoms with van der Waals surface area (Å²) in [4.78, 5) is 14.4. The molecule has 0 spiro atoms. The topological polar surface area (TPSA) is 49.8 Å². The Bertz CT molecular complexity index is 445. The number of aliphatic hydroxyl groups excluding tert-OH is 1. The molecule has 1 aliphatic heterocycles. The Morgan fingerprint density at radius 2 is 2.21 bits per heavy atom. The van der Waals surface area contributed by atoms with Gasteiger partial charge in [0, 0.05) is 18.2 Å². The summed E-state index contributed by atoms with van der Waals surface area (Å²) in [5.41, 5.74) is 0.960. The first-order chi connectivity index (χ1) is 9.15. The summed E-state index contributed by atoms with van der Waals surface area (Å²) >= 11 is 0. The number of benzene rings is 1. The van der Waals surface area contributed by atoms with E-state index in [1.54, 1.807) is 4.90 Å². The molecule has 1 amide bonds. The van der Waals surface area contributed by atoms with E-state index in [9.17, 15) is 4.79 Å². The van der Waals surface area contributed by atoms with E-state index in [1.165, 1.54) is 0 Å². The number of amides is 1. The number of rotatable bonds is 4. The van der Waals surface area contributed by atoms with Crippen molar-refractivity contribution in [2.75, 3.05) is 19.8 Å². The molecule has 0 aromatic heterocycles. The first-order valence-electron chi connectivity index (χ1n) is 6.78. The lowest BCUT2D eigenvalue weighted by Gasteiger charge is -2.32. The van der Waals surface area contributed by atoms with Gasteiger partial charge in [-0.15, -0.1) is 0 Å². The zero-order valence-corrected chi connectivity index (χ0v) is 11.5. The molecule has 0 saturated heterocycles. The van der Waals surface area contributed by atoms with E-state index < -0.39 is 0 Å². The van der Waals surface area contributed by atoms with Gasteiger partial charge in [0.2, 0.25) is 5.91 Å². The number of ether oxygens (including phenoxy) is 1. The van der Waals surface area contributed by atoms with Gasteiger partial charge in [0.15, 0.2) is 0 Å². The smallest absolute Gasteiger partial charge is 0.230 e. The van der Waals surface area contributed by atoms with E-state index in [1.807, 2.05) is 38.1 Å². The number of para-hydroxylation sites is 1. The van der Waals surface area contributed by atoms with Crippen molar-refractivity contribution in [2.24, 2.45) is 0 Å². The number of hydrogen-bond donors (Lipinski definition) is 1. The van der Waals surface area contributed by atoms with Gasteiger partial charge in [-0.3, -0.25) is 4.79 Å². The summed E-state index contributed by atoms with van der Waals surface area (Å²) < 4.78 is 5.58. The average Bonchev–Trinajstić information content (AvgIpc) is 2.43. The third-order valence-corrected chi connectivity index (χ3v) is 3.50. The fraction of sp³-hybridized carbons (Fsp3) is 0.533. The van der Waals surface area contributed by atoms with Crippen LogP contribution in [0, 0.1) is 0 Å². The van der Waals surface area contributed by atoms with Crippen LogP contribution in [0.5, 0.6) is 5.75 Å². The number of carbonyl (C=O) groups is 1. The molecule has 1 aromatic rings. The van der Waals surface area contributed by atoms with Gasteiger partial charge in [-0.05, 0) is 26.3 Å². The van der Waals surface area contributed by atoms with Crippen molar-refractivity contribution < 1.29 is 14.6 Å². The highest BCUT2D eigenvalue weighted by molar-refractivity contribution is 5.85. The van der Waals surface area contributed by atoms with Gasteiger partial charge in [-0.1, -0.05) is 18.2 Å².